The van der Waals surface area contributed by atoms with E-state index in [0.29, 0.717) is 5.82 Å². The molecular formula is C22H25F2N7O. The van der Waals surface area contributed by atoms with Crippen LogP contribution in [0.2, 0.25) is 0 Å². The number of halogens is 2. The van der Waals surface area contributed by atoms with Gasteiger partial charge in [0.1, 0.15) is 12.1 Å². The summed E-state index contributed by atoms with van der Waals surface area (Å²) in [6.07, 6.45) is 1.08. The van der Waals surface area contributed by atoms with E-state index >= 15 is 0 Å². The van der Waals surface area contributed by atoms with Crippen LogP contribution in [0.4, 0.5) is 14.5 Å². The molecule has 1 saturated heterocycles. The predicted molar refractivity (Wildman–Crippen MR) is 119 cm³/mol. The summed E-state index contributed by atoms with van der Waals surface area (Å²) < 4.78 is 28.0. The lowest BCUT2D eigenvalue weighted by atomic mass is 10.1. The molecule has 0 spiro atoms. The number of aryl methyl sites for hydroxylation is 1. The maximum Gasteiger partial charge on any atom is 0.351 e. The molecule has 3 aromatic rings. The molecule has 0 bridgehead atoms. The van der Waals surface area contributed by atoms with E-state index in [1.165, 1.54) is 16.6 Å². The number of rotatable bonds is 6. The van der Waals surface area contributed by atoms with Crippen LogP contribution >= 0.6 is 0 Å². The zero-order chi connectivity index (χ0) is 22.7. The summed E-state index contributed by atoms with van der Waals surface area (Å²) in [6, 6.07) is 10.3. The van der Waals surface area contributed by atoms with E-state index in [4.69, 9.17) is 5.73 Å². The Balaban J connectivity index is 1.56. The Labute approximate surface area is 184 Å². The van der Waals surface area contributed by atoms with Crippen molar-refractivity contribution in [3.63, 3.8) is 0 Å². The van der Waals surface area contributed by atoms with E-state index < -0.39 is 11.8 Å². The van der Waals surface area contributed by atoms with Crippen molar-refractivity contribution in [2.75, 3.05) is 37.6 Å². The van der Waals surface area contributed by atoms with Crippen molar-refractivity contribution in [2.24, 2.45) is 5.73 Å². The molecule has 0 amide bonds. The Bertz CT molecular complexity index is 1170. The molecule has 1 aromatic carbocycles. The lowest BCUT2D eigenvalue weighted by molar-refractivity contribution is 0.400. The molecule has 2 aromatic heterocycles. The molecule has 0 atom stereocenters. The summed E-state index contributed by atoms with van der Waals surface area (Å²) in [6.45, 7) is 5.07. The van der Waals surface area contributed by atoms with Gasteiger partial charge < -0.3 is 16.0 Å². The second kappa shape index (κ2) is 9.41. The lowest BCUT2D eigenvalue weighted by Crippen LogP contribution is -2.43. The lowest BCUT2D eigenvalue weighted by Gasteiger charge is -2.29. The van der Waals surface area contributed by atoms with Crippen LogP contribution in [-0.4, -0.2) is 52.1 Å². The average molecular weight is 441 g/mol. The van der Waals surface area contributed by atoms with Crippen molar-refractivity contribution >= 4 is 5.69 Å². The molecule has 0 aliphatic carbocycles. The second-order valence-corrected chi connectivity index (χ2v) is 7.66. The van der Waals surface area contributed by atoms with Gasteiger partial charge in [0.2, 0.25) is 0 Å². The van der Waals surface area contributed by atoms with Crippen LogP contribution in [0.15, 0.2) is 59.3 Å². The number of pyridine rings is 1. The number of anilines is 1. The van der Waals surface area contributed by atoms with Crippen molar-refractivity contribution in [3.8, 4) is 16.9 Å². The maximum atomic E-state index is 12.9. The van der Waals surface area contributed by atoms with Gasteiger partial charge in [-0.05, 0) is 36.2 Å². The Kier molecular flexibility index (Phi) is 6.42. The number of piperazine rings is 1. The zero-order valence-corrected chi connectivity index (χ0v) is 17.8. The third-order valence-electron chi connectivity index (χ3n) is 5.55. The first-order valence-corrected chi connectivity index (χ1v) is 10.4. The molecule has 1 aliphatic heterocycles. The van der Waals surface area contributed by atoms with Crippen LogP contribution in [0.25, 0.3) is 16.9 Å². The smallest absolute Gasteiger partial charge is 0.351 e. The van der Waals surface area contributed by atoms with Crippen LogP contribution in [0.5, 0.6) is 0 Å². The van der Waals surface area contributed by atoms with Gasteiger partial charge in [0.05, 0.1) is 6.54 Å². The Morgan fingerprint density at radius 1 is 1.16 bits per heavy atom. The topological polar surface area (TPSA) is 94.0 Å². The highest BCUT2D eigenvalue weighted by molar-refractivity contribution is 5.67. The fourth-order valence-corrected chi connectivity index (χ4v) is 3.74. The highest BCUT2D eigenvalue weighted by Gasteiger charge is 2.15. The molecule has 10 heteroatoms. The third kappa shape index (κ3) is 4.46. The first-order chi connectivity index (χ1) is 15.5. The fraction of sp³-hybridized carbons (Fsp3) is 0.318. The Hall–Kier alpha value is -3.37. The van der Waals surface area contributed by atoms with Crippen molar-refractivity contribution < 1.29 is 8.78 Å². The van der Waals surface area contributed by atoms with Crippen LogP contribution in [0.3, 0.4) is 0 Å². The van der Waals surface area contributed by atoms with Gasteiger partial charge >= 0.3 is 5.69 Å². The fourth-order valence-electron chi connectivity index (χ4n) is 3.74. The Morgan fingerprint density at radius 3 is 2.50 bits per heavy atom. The van der Waals surface area contributed by atoms with Crippen LogP contribution in [-0.2, 0) is 6.54 Å². The van der Waals surface area contributed by atoms with Gasteiger partial charge in [-0.1, -0.05) is 12.1 Å². The van der Waals surface area contributed by atoms with E-state index in [1.807, 2.05) is 13.0 Å². The molecule has 32 heavy (non-hydrogen) atoms. The molecule has 8 nitrogen and oxygen atoms in total. The summed E-state index contributed by atoms with van der Waals surface area (Å²) in [5.41, 5.74) is 8.34. The molecular weight excluding hydrogens is 416 g/mol. The first-order valence-electron chi connectivity index (χ1n) is 10.4. The summed E-state index contributed by atoms with van der Waals surface area (Å²) in [7, 11) is 0. The molecule has 0 radical (unpaired) electrons. The maximum absolute atomic E-state index is 12.9. The monoisotopic (exact) mass is 441 g/mol. The van der Waals surface area contributed by atoms with E-state index in [9.17, 15) is 13.6 Å². The van der Waals surface area contributed by atoms with E-state index in [-0.39, 0.29) is 18.7 Å². The van der Waals surface area contributed by atoms with Crippen LogP contribution in [0.1, 0.15) is 5.56 Å². The number of nitrogens with one attached hydrogen (secondary N) is 1. The Morgan fingerprint density at radius 2 is 1.88 bits per heavy atom. The summed E-state index contributed by atoms with van der Waals surface area (Å²) in [4.78, 5) is 19.4. The second-order valence-electron chi connectivity index (χ2n) is 7.66. The molecule has 3 N–H and O–H groups in total. The number of nitrogens with zero attached hydrogens (tertiary/aromatic N) is 5. The molecule has 3 heterocycles. The van der Waals surface area contributed by atoms with E-state index in [2.05, 4.69) is 44.6 Å². The average Bonchev–Trinajstić information content (AvgIpc) is 3.17. The quantitative estimate of drug-likeness (QED) is 0.607. The largest absolute Gasteiger partial charge is 0.369 e. The van der Waals surface area contributed by atoms with E-state index in [0.717, 1.165) is 47.6 Å². The van der Waals surface area contributed by atoms with Gasteiger partial charge in [-0.2, -0.15) is 13.9 Å². The molecule has 168 valence electrons. The molecule has 1 fully saturated rings. The van der Waals surface area contributed by atoms with Crippen molar-refractivity contribution in [3.05, 3.63) is 70.6 Å². The van der Waals surface area contributed by atoms with Gasteiger partial charge in [0, 0.05) is 55.7 Å². The zero-order valence-electron chi connectivity index (χ0n) is 17.8. The standard InChI is InChI=1S/C22H25F2N7O/c1-15-10-17(16-2-4-19(5-3-16)29-8-6-26-7-9-29)12-27-21(15)30-14-28-31(22(30)32)13-18(11-25)20(23)24/h2-5,10,12,14,26H,6-9,11,13,25H2,1H3. The molecule has 1 aliphatic rings. The molecule has 0 saturated carbocycles. The third-order valence-corrected chi connectivity index (χ3v) is 5.55. The SMILES string of the molecule is Cc1cc(-c2ccc(N3CCNCC3)cc2)cnc1-n1cnn(CC(CN)=C(F)F)c1=O. The van der Waals surface area contributed by atoms with E-state index in [1.54, 1.807) is 6.20 Å². The minimum atomic E-state index is -1.89. The first kappa shape index (κ1) is 21.8. The minimum Gasteiger partial charge on any atom is -0.369 e. The van der Waals surface area contributed by atoms with Crippen molar-refractivity contribution in [2.45, 2.75) is 13.5 Å². The van der Waals surface area contributed by atoms with Crippen molar-refractivity contribution in [1.29, 1.82) is 0 Å². The number of nitrogens with two attached hydrogens (primary N) is 1. The highest BCUT2D eigenvalue weighted by atomic mass is 19.3. The van der Waals surface area contributed by atoms with Gasteiger partial charge in [-0.3, -0.25) is 0 Å². The molecule has 0 unspecified atom stereocenters. The summed E-state index contributed by atoms with van der Waals surface area (Å²) >= 11 is 0. The van der Waals surface area contributed by atoms with Gasteiger partial charge in [0.15, 0.2) is 0 Å². The van der Waals surface area contributed by atoms with Crippen molar-refractivity contribution in [1.82, 2.24) is 24.6 Å². The summed E-state index contributed by atoms with van der Waals surface area (Å²) in [5.74, 6) is 0.404. The number of benzene rings is 1. The van der Waals surface area contributed by atoms with Gasteiger partial charge in [-0.15, -0.1) is 0 Å². The minimum absolute atomic E-state index is 0.332. The van der Waals surface area contributed by atoms with Crippen LogP contribution < -0.4 is 21.6 Å². The normalized spacial score (nSPS) is 13.9. The number of aromatic nitrogens is 4. The highest BCUT2D eigenvalue weighted by Crippen LogP contribution is 2.25. The molecule has 4 rings (SSSR count). The predicted octanol–water partition coefficient (Wildman–Crippen LogP) is 1.92. The van der Waals surface area contributed by atoms with Gasteiger partial charge in [0.25, 0.3) is 6.08 Å². The summed E-state index contributed by atoms with van der Waals surface area (Å²) in [5, 5.41) is 7.28. The van der Waals surface area contributed by atoms with Gasteiger partial charge in [-0.25, -0.2) is 19.0 Å². The number of hydrogen-bond donors (Lipinski definition) is 2. The van der Waals surface area contributed by atoms with Crippen LogP contribution in [0, 0.1) is 6.92 Å². The number of hydrogen-bond acceptors (Lipinski definition) is 6.